The molecule has 2 amide bonds. The number of hydrogen-bond donors (Lipinski definition) is 0. The highest BCUT2D eigenvalue weighted by Crippen LogP contribution is 2.31. The number of likely N-dealkylation sites (tertiary alicyclic amines) is 1. The molecule has 2 fully saturated rings. The molecule has 9 heteroatoms. The number of nitrogens with zero attached hydrogens (tertiary/aromatic N) is 4. The van der Waals surface area contributed by atoms with Gasteiger partial charge in [0.2, 0.25) is 5.91 Å². The molecule has 0 N–H and O–H groups in total. The van der Waals surface area contributed by atoms with Gasteiger partial charge in [0, 0.05) is 42.5 Å². The van der Waals surface area contributed by atoms with Crippen molar-refractivity contribution >= 4 is 45.0 Å². The molecule has 0 aliphatic carbocycles. The van der Waals surface area contributed by atoms with E-state index in [1.165, 1.54) is 11.3 Å². The van der Waals surface area contributed by atoms with Gasteiger partial charge in [0.1, 0.15) is 4.83 Å². The maximum Gasteiger partial charge on any atom is 0.264 e. The Kier molecular flexibility index (Phi) is 6.40. The van der Waals surface area contributed by atoms with Crippen LogP contribution in [-0.2, 0) is 16.1 Å². The Hall–Kier alpha value is -2.42. The van der Waals surface area contributed by atoms with Crippen molar-refractivity contribution in [1.29, 1.82) is 0 Å². The van der Waals surface area contributed by atoms with Gasteiger partial charge in [0.05, 0.1) is 30.3 Å². The average molecular weight is 487 g/mol. The monoisotopic (exact) mass is 486 g/mol. The van der Waals surface area contributed by atoms with E-state index in [0.717, 1.165) is 39.2 Å². The number of benzene rings is 1. The fraction of sp³-hybridized carbons (Fsp3) is 0.458. The number of carbonyl (C=O) groups excluding carboxylic acids is 2. The molecule has 7 nitrogen and oxygen atoms in total. The molecule has 2 aromatic heterocycles. The van der Waals surface area contributed by atoms with Crippen molar-refractivity contribution in [1.82, 2.24) is 19.6 Å². The summed E-state index contributed by atoms with van der Waals surface area (Å²) in [5, 5.41) is 6.40. The Bertz CT molecular complexity index is 1160. The summed E-state index contributed by atoms with van der Waals surface area (Å²) in [6.45, 7) is 6.41. The van der Waals surface area contributed by atoms with Crippen LogP contribution in [0.25, 0.3) is 10.2 Å². The molecule has 0 atom stereocenters. The topological polar surface area (TPSA) is 67.7 Å². The zero-order chi connectivity index (χ0) is 22.9. The summed E-state index contributed by atoms with van der Waals surface area (Å²) in [5.41, 5.74) is 2.03. The molecule has 174 valence electrons. The number of morpholine rings is 1. The first-order valence-corrected chi connectivity index (χ1v) is 12.6. The van der Waals surface area contributed by atoms with Gasteiger partial charge in [-0.2, -0.15) is 5.10 Å². The third-order valence-corrected chi connectivity index (χ3v) is 7.91. The number of amides is 2. The maximum absolute atomic E-state index is 13.2. The SMILES string of the molecule is Cc1nn(Cc2ccc(Cl)cc2)c2sc(C(=O)N3CCC(C(=O)N4CCOCC4)CC3)cc12. The first-order chi connectivity index (χ1) is 16.0. The largest absolute Gasteiger partial charge is 0.378 e. The molecule has 2 saturated heterocycles. The van der Waals surface area contributed by atoms with E-state index in [0.29, 0.717) is 51.0 Å². The van der Waals surface area contributed by atoms with E-state index in [1.54, 1.807) is 0 Å². The molecular weight excluding hydrogens is 460 g/mol. The quantitative estimate of drug-likeness (QED) is 0.562. The zero-order valence-corrected chi connectivity index (χ0v) is 20.2. The van der Waals surface area contributed by atoms with Crippen molar-refractivity contribution in [3.8, 4) is 0 Å². The fourth-order valence-corrected chi connectivity index (χ4v) is 5.87. The Balaban J connectivity index is 1.26. The number of ether oxygens (including phenoxy) is 1. The van der Waals surface area contributed by atoms with Crippen LogP contribution in [0.15, 0.2) is 30.3 Å². The number of hydrogen-bond acceptors (Lipinski definition) is 5. The van der Waals surface area contributed by atoms with E-state index in [4.69, 9.17) is 16.3 Å². The van der Waals surface area contributed by atoms with E-state index in [9.17, 15) is 9.59 Å². The van der Waals surface area contributed by atoms with Crippen LogP contribution in [0.3, 0.4) is 0 Å². The number of aryl methyl sites for hydroxylation is 1. The van der Waals surface area contributed by atoms with Crippen molar-refractivity contribution in [2.75, 3.05) is 39.4 Å². The van der Waals surface area contributed by atoms with Crippen molar-refractivity contribution in [2.45, 2.75) is 26.3 Å². The molecule has 4 heterocycles. The molecule has 0 spiro atoms. The maximum atomic E-state index is 13.2. The van der Waals surface area contributed by atoms with Crippen molar-refractivity contribution < 1.29 is 14.3 Å². The second-order valence-corrected chi connectivity index (χ2v) is 10.2. The van der Waals surface area contributed by atoms with Crippen molar-refractivity contribution in [3.05, 3.63) is 51.5 Å². The Morgan fingerprint density at radius 2 is 1.79 bits per heavy atom. The third-order valence-electron chi connectivity index (χ3n) is 6.52. The molecule has 1 aromatic carbocycles. The summed E-state index contributed by atoms with van der Waals surface area (Å²) in [5.74, 6) is 0.265. The van der Waals surface area contributed by atoms with E-state index in [2.05, 4.69) is 5.10 Å². The van der Waals surface area contributed by atoms with Crippen LogP contribution in [0, 0.1) is 12.8 Å². The van der Waals surface area contributed by atoms with Crippen LogP contribution in [0.5, 0.6) is 0 Å². The van der Waals surface area contributed by atoms with Gasteiger partial charge in [0.25, 0.3) is 5.91 Å². The Morgan fingerprint density at radius 3 is 2.48 bits per heavy atom. The zero-order valence-electron chi connectivity index (χ0n) is 18.6. The number of fused-ring (bicyclic) bond motifs is 1. The molecule has 0 unspecified atom stereocenters. The Morgan fingerprint density at radius 1 is 1.09 bits per heavy atom. The van der Waals surface area contributed by atoms with Crippen LogP contribution < -0.4 is 0 Å². The van der Waals surface area contributed by atoms with E-state index < -0.39 is 0 Å². The lowest BCUT2D eigenvalue weighted by atomic mass is 9.95. The number of piperidine rings is 1. The lowest BCUT2D eigenvalue weighted by Crippen LogP contribution is -2.47. The second kappa shape index (κ2) is 9.44. The van der Waals surface area contributed by atoms with Gasteiger partial charge in [-0.1, -0.05) is 23.7 Å². The van der Waals surface area contributed by atoms with Gasteiger partial charge < -0.3 is 14.5 Å². The highest BCUT2D eigenvalue weighted by atomic mass is 35.5. The molecule has 0 bridgehead atoms. The number of carbonyl (C=O) groups is 2. The van der Waals surface area contributed by atoms with E-state index in [1.807, 2.05) is 51.7 Å². The highest BCUT2D eigenvalue weighted by Gasteiger charge is 2.32. The summed E-state index contributed by atoms with van der Waals surface area (Å²) in [4.78, 5) is 31.6. The first-order valence-electron chi connectivity index (χ1n) is 11.4. The minimum atomic E-state index is 0.00439. The normalized spacial score (nSPS) is 17.6. The number of rotatable bonds is 4. The van der Waals surface area contributed by atoms with E-state index >= 15 is 0 Å². The number of aromatic nitrogens is 2. The van der Waals surface area contributed by atoms with Gasteiger partial charge in [-0.3, -0.25) is 14.3 Å². The van der Waals surface area contributed by atoms with Crippen LogP contribution >= 0.6 is 22.9 Å². The fourth-order valence-electron chi connectivity index (χ4n) is 4.62. The summed E-state index contributed by atoms with van der Waals surface area (Å²) in [7, 11) is 0. The molecule has 5 rings (SSSR count). The molecule has 33 heavy (non-hydrogen) atoms. The molecular formula is C24H27ClN4O3S. The average Bonchev–Trinajstić information content (AvgIpc) is 3.41. The van der Waals surface area contributed by atoms with Gasteiger partial charge in [-0.05, 0) is 43.5 Å². The summed E-state index contributed by atoms with van der Waals surface area (Å²) < 4.78 is 7.31. The summed E-state index contributed by atoms with van der Waals surface area (Å²) in [6, 6.07) is 9.71. The van der Waals surface area contributed by atoms with Crippen LogP contribution in [0.4, 0.5) is 0 Å². The molecule has 0 radical (unpaired) electrons. The van der Waals surface area contributed by atoms with Crippen LogP contribution in [0.1, 0.15) is 33.8 Å². The van der Waals surface area contributed by atoms with Crippen LogP contribution in [-0.4, -0.2) is 70.8 Å². The lowest BCUT2D eigenvalue weighted by Gasteiger charge is -2.35. The molecule has 0 saturated carbocycles. The summed E-state index contributed by atoms with van der Waals surface area (Å²) in [6.07, 6.45) is 1.44. The smallest absolute Gasteiger partial charge is 0.264 e. The van der Waals surface area contributed by atoms with Gasteiger partial charge >= 0.3 is 0 Å². The Labute approximate surface area is 201 Å². The molecule has 2 aliphatic heterocycles. The predicted octanol–water partition coefficient (Wildman–Crippen LogP) is 3.82. The standard InChI is InChI=1S/C24H27ClN4O3S/c1-16-20-14-21(33-24(20)29(26-16)15-17-2-4-19(25)5-3-17)23(31)27-8-6-18(7-9-27)22(30)28-10-12-32-13-11-28/h2-5,14,18H,6-13,15H2,1H3. The molecule has 2 aliphatic rings. The predicted molar refractivity (Wildman–Crippen MR) is 129 cm³/mol. The van der Waals surface area contributed by atoms with Crippen molar-refractivity contribution in [3.63, 3.8) is 0 Å². The highest BCUT2D eigenvalue weighted by molar-refractivity contribution is 7.20. The third kappa shape index (κ3) is 4.65. The second-order valence-electron chi connectivity index (χ2n) is 8.70. The van der Waals surface area contributed by atoms with E-state index in [-0.39, 0.29) is 17.7 Å². The number of halogens is 1. The van der Waals surface area contributed by atoms with Crippen LogP contribution in [0.2, 0.25) is 5.02 Å². The minimum Gasteiger partial charge on any atom is -0.378 e. The molecule has 3 aromatic rings. The lowest BCUT2D eigenvalue weighted by molar-refractivity contribution is -0.141. The van der Waals surface area contributed by atoms with Gasteiger partial charge in [-0.25, -0.2) is 0 Å². The number of thiophene rings is 1. The van der Waals surface area contributed by atoms with Gasteiger partial charge in [0.15, 0.2) is 0 Å². The van der Waals surface area contributed by atoms with Gasteiger partial charge in [-0.15, -0.1) is 11.3 Å². The summed E-state index contributed by atoms with van der Waals surface area (Å²) >= 11 is 7.50. The minimum absolute atomic E-state index is 0.00439. The van der Waals surface area contributed by atoms with Crippen molar-refractivity contribution in [2.24, 2.45) is 5.92 Å². The first kappa shape index (κ1) is 22.4.